The highest BCUT2D eigenvalue weighted by atomic mass is 16.6. The summed E-state index contributed by atoms with van der Waals surface area (Å²) in [6.07, 6.45) is 1.76. The third kappa shape index (κ3) is 11.9. The molecule has 0 saturated carbocycles. The minimum absolute atomic E-state index is 0.256. The van der Waals surface area contributed by atoms with Crippen LogP contribution in [0.15, 0.2) is 0 Å². The monoisotopic (exact) mass is 174 g/mol. The average molecular weight is 174 g/mol. The second kappa shape index (κ2) is 10.1. The second-order valence-electron chi connectivity index (χ2n) is 2.26. The van der Waals surface area contributed by atoms with Crippen molar-refractivity contribution >= 4 is 11.9 Å². The molecule has 0 aromatic heterocycles. The number of ether oxygens (including phenoxy) is 1. The van der Waals surface area contributed by atoms with Crippen molar-refractivity contribution in [2.75, 3.05) is 0 Å². The smallest absolute Gasteiger partial charge is 0.313 e. The summed E-state index contributed by atoms with van der Waals surface area (Å²) in [6.45, 7) is 7.54. The summed E-state index contributed by atoms with van der Waals surface area (Å²) in [4.78, 5) is 20.7. The molecule has 0 atom stereocenters. The van der Waals surface area contributed by atoms with Crippen molar-refractivity contribution in [3.05, 3.63) is 0 Å². The molecule has 0 N–H and O–H groups in total. The summed E-state index contributed by atoms with van der Waals surface area (Å²) >= 11 is 0. The molecule has 72 valence electrons. The quantitative estimate of drug-likeness (QED) is 0.476. The molecule has 0 aromatic rings. The van der Waals surface area contributed by atoms with Gasteiger partial charge in [-0.2, -0.15) is 0 Å². The van der Waals surface area contributed by atoms with Gasteiger partial charge in [0.05, 0.1) is 0 Å². The lowest BCUT2D eigenvalue weighted by atomic mass is 10.5. The largest absolute Gasteiger partial charge is 0.393 e. The summed E-state index contributed by atoms with van der Waals surface area (Å²) in [5.41, 5.74) is 0. The first-order valence-corrected chi connectivity index (χ1v) is 4.35. The van der Waals surface area contributed by atoms with E-state index in [-0.39, 0.29) is 12.8 Å². The predicted molar refractivity (Wildman–Crippen MR) is 47.6 cm³/mol. The molecule has 0 spiro atoms. The van der Waals surface area contributed by atoms with E-state index in [1.165, 1.54) is 6.42 Å². The van der Waals surface area contributed by atoms with Crippen molar-refractivity contribution in [3.8, 4) is 0 Å². The van der Waals surface area contributed by atoms with Gasteiger partial charge in [-0.15, -0.1) is 0 Å². The molecule has 0 heterocycles. The number of hydrogen-bond donors (Lipinski definition) is 0. The zero-order chi connectivity index (χ0) is 9.98. The van der Waals surface area contributed by atoms with Crippen LogP contribution in [0.5, 0.6) is 0 Å². The highest BCUT2D eigenvalue weighted by Gasteiger charge is 2.03. The van der Waals surface area contributed by atoms with E-state index in [1.807, 2.05) is 0 Å². The fourth-order valence-electron chi connectivity index (χ4n) is 0.271. The van der Waals surface area contributed by atoms with Crippen LogP contribution < -0.4 is 0 Å². The molecular weight excluding hydrogens is 156 g/mol. The van der Waals surface area contributed by atoms with E-state index < -0.39 is 11.9 Å². The maximum atomic E-state index is 10.3. The van der Waals surface area contributed by atoms with Crippen LogP contribution in [-0.4, -0.2) is 11.9 Å². The van der Waals surface area contributed by atoms with Crippen molar-refractivity contribution in [1.29, 1.82) is 0 Å². The Balaban J connectivity index is 0. The maximum absolute atomic E-state index is 10.3. The number of rotatable bonds is 2. The summed E-state index contributed by atoms with van der Waals surface area (Å²) in [6, 6.07) is 0. The van der Waals surface area contributed by atoms with Crippen LogP contribution in [0.1, 0.15) is 47.0 Å². The predicted octanol–water partition coefficient (Wildman–Crippen LogP) is 2.29. The average Bonchev–Trinajstić information content (AvgIpc) is 2.05. The maximum Gasteiger partial charge on any atom is 0.313 e. The first-order valence-electron chi connectivity index (χ1n) is 4.35. The fraction of sp³-hybridized carbons (Fsp3) is 0.778. The standard InChI is InChI=1S/C6H10O3.C3H8/c1-3-5(7)9-6(8)4-2;1-3-2/h3-4H2,1-2H3;3H2,1-2H3. The molecular formula is C9H18O3. The Bertz CT molecular complexity index is 116. The summed E-state index contributed by atoms with van der Waals surface area (Å²) in [7, 11) is 0. The van der Waals surface area contributed by atoms with E-state index >= 15 is 0 Å². The van der Waals surface area contributed by atoms with Gasteiger partial charge in [-0.25, -0.2) is 0 Å². The third-order valence-corrected chi connectivity index (χ3v) is 0.805. The van der Waals surface area contributed by atoms with Gasteiger partial charge >= 0.3 is 11.9 Å². The highest BCUT2D eigenvalue weighted by molar-refractivity contribution is 5.84. The lowest BCUT2D eigenvalue weighted by Gasteiger charge is -1.95. The Labute approximate surface area is 74.1 Å². The Kier molecular flexibility index (Phi) is 11.6. The van der Waals surface area contributed by atoms with Crippen LogP contribution in [-0.2, 0) is 14.3 Å². The molecule has 0 fully saturated rings. The summed E-state index contributed by atoms with van der Waals surface area (Å²) in [5, 5.41) is 0. The Morgan fingerprint density at radius 2 is 1.17 bits per heavy atom. The first-order chi connectivity index (χ1) is 5.62. The number of carbonyl (C=O) groups is 2. The summed E-state index contributed by atoms with van der Waals surface area (Å²) in [5.74, 6) is -0.913. The Morgan fingerprint density at radius 1 is 0.917 bits per heavy atom. The molecule has 0 amide bonds. The second-order valence-corrected chi connectivity index (χ2v) is 2.26. The number of carbonyl (C=O) groups excluding carboxylic acids is 2. The minimum Gasteiger partial charge on any atom is -0.393 e. The topological polar surface area (TPSA) is 43.4 Å². The molecule has 0 aliphatic heterocycles. The van der Waals surface area contributed by atoms with Crippen LogP contribution in [0, 0.1) is 0 Å². The molecule has 0 bridgehead atoms. The number of hydrogen-bond acceptors (Lipinski definition) is 3. The van der Waals surface area contributed by atoms with E-state index in [0.29, 0.717) is 0 Å². The van der Waals surface area contributed by atoms with Gasteiger partial charge in [-0.1, -0.05) is 34.1 Å². The van der Waals surface area contributed by atoms with Gasteiger partial charge in [-0.05, 0) is 0 Å². The molecule has 12 heavy (non-hydrogen) atoms. The lowest BCUT2D eigenvalue weighted by Crippen LogP contribution is -2.09. The highest BCUT2D eigenvalue weighted by Crippen LogP contribution is 1.88. The SMILES string of the molecule is CCC.CCC(=O)OC(=O)CC. The zero-order valence-corrected chi connectivity index (χ0v) is 8.35. The van der Waals surface area contributed by atoms with Gasteiger partial charge in [0.1, 0.15) is 0 Å². The van der Waals surface area contributed by atoms with Crippen molar-refractivity contribution in [3.63, 3.8) is 0 Å². The molecule has 3 heteroatoms. The number of esters is 2. The fourth-order valence-corrected chi connectivity index (χ4v) is 0.271. The van der Waals surface area contributed by atoms with Crippen LogP contribution in [0.25, 0.3) is 0 Å². The van der Waals surface area contributed by atoms with Gasteiger partial charge in [0.25, 0.3) is 0 Å². The van der Waals surface area contributed by atoms with Crippen LogP contribution in [0.4, 0.5) is 0 Å². The van der Waals surface area contributed by atoms with E-state index in [1.54, 1.807) is 13.8 Å². The van der Waals surface area contributed by atoms with E-state index in [9.17, 15) is 9.59 Å². The molecule has 0 radical (unpaired) electrons. The molecule has 3 nitrogen and oxygen atoms in total. The van der Waals surface area contributed by atoms with Gasteiger partial charge < -0.3 is 4.74 Å². The van der Waals surface area contributed by atoms with Gasteiger partial charge in [0.2, 0.25) is 0 Å². The van der Waals surface area contributed by atoms with Gasteiger partial charge in [0, 0.05) is 12.8 Å². The van der Waals surface area contributed by atoms with Gasteiger partial charge in [0.15, 0.2) is 0 Å². The first kappa shape index (κ1) is 13.7. The van der Waals surface area contributed by atoms with Crippen molar-refractivity contribution in [2.45, 2.75) is 47.0 Å². The summed E-state index contributed by atoms with van der Waals surface area (Å²) < 4.78 is 4.27. The normalized spacial score (nSPS) is 8.00. The Morgan fingerprint density at radius 3 is 1.33 bits per heavy atom. The van der Waals surface area contributed by atoms with Crippen molar-refractivity contribution < 1.29 is 14.3 Å². The third-order valence-electron chi connectivity index (χ3n) is 0.805. The van der Waals surface area contributed by atoms with Crippen LogP contribution >= 0.6 is 0 Å². The molecule has 0 aromatic carbocycles. The lowest BCUT2D eigenvalue weighted by molar-refractivity contribution is -0.159. The van der Waals surface area contributed by atoms with Gasteiger partial charge in [-0.3, -0.25) is 9.59 Å². The molecule has 0 saturated heterocycles. The van der Waals surface area contributed by atoms with E-state index in [4.69, 9.17) is 0 Å². The minimum atomic E-state index is -0.457. The van der Waals surface area contributed by atoms with Crippen molar-refractivity contribution in [2.24, 2.45) is 0 Å². The zero-order valence-electron chi connectivity index (χ0n) is 8.35. The van der Waals surface area contributed by atoms with Crippen LogP contribution in [0.2, 0.25) is 0 Å². The Hall–Kier alpha value is -0.860. The molecule has 0 aliphatic rings. The van der Waals surface area contributed by atoms with E-state index in [0.717, 1.165) is 0 Å². The van der Waals surface area contributed by atoms with Crippen molar-refractivity contribution in [1.82, 2.24) is 0 Å². The molecule has 0 aliphatic carbocycles. The molecule has 0 unspecified atom stereocenters. The van der Waals surface area contributed by atoms with E-state index in [2.05, 4.69) is 18.6 Å². The van der Waals surface area contributed by atoms with Crippen LogP contribution in [0.3, 0.4) is 0 Å². The molecule has 0 rings (SSSR count).